The van der Waals surface area contributed by atoms with Gasteiger partial charge < -0.3 is 4.74 Å². The number of carbonyl (C=O) groups excluding carboxylic acids is 1. The Morgan fingerprint density at radius 1 is 1.12 bits per heavy atom. The summed E-state index contributed by atoms with van der Waals surface area (Å²) in [5.74, 6) is 0.174. The lowest BCUT2D eigenvalue weighted by Crippen LogP contribution is -1.91. The summed E-state index contributed by atoms with van der Waals surface area (Å²) >= 11 is 0. The second-order valence-electron chi connectivity index (χ2n) is 3.68. The van der Waals surface area contributed by atoms with Crippen LogP contribution in [0.15, 0.2) is 42.5 Å². The summed E-state index contributed by atoms with van der Waals surface area (Å²) in [7, 11) is 0. The smallest absolute Gasteiger partial charge is 0.166 e. The van der Waals surface area contributed by atoms with Crippen LogP contribution in [0.1, 0.15) is 15.9 Å². The number of aryl methyl sites for hydroxylation is 1. The standard InChI is InChI=1S/C14H11FO2/c1-10-4-2-3-5-13(10)17-14-7-6-11(9-16)8-12(14)15/h2-9H,1H3. The van der Waals surface area contributed by atoms with Crippen molar-refractivity contribution < 1.29 is 13.9 Å². The van der Waals surface area contributed by atoms with Crippen molar-refractivity contribution in [3.8, 4) is 11.5 Å². The molecule has 86 valence electrons. The predicted octanol–water partition coefficient (Wildman–Crippen LogP) is 3.74. The number of para-hydroxylation sites is 1. The zero-order valence-electron chi connectivity index (χ0n) is 9.31. The van der Waals surface area contributed by atoms with Gasteiger partial charge in [0, 0.05) is 5.56 Å². The van der Waals surface area contributed by atoms with Crippen LogP contribution < -0.4 is 4.74 Å². The van der Waals surface area contributed by atoms with Crippen molar-refractivity contribution in [2.24, 2.45) is 0 Å². The van der Waals surface area contributed by atoms with E-state index in [1.165, 1.54) is 12.1 Å². The van der Waals surface area contributed by atoms with E-state index in [4.69, 9.17) is 4.74 Å². The Labute approximate surface area is 98.7 Å². The molecule has 0 bridgehead atoms. The number of hydrogen-bond acceptors (Lipinski definition) is 2. The summed E-state index contributed by atoms with van der Waals surface area (Å²) in [6.07, 6.45) is 0.598. The van der Waals surface area contributed by atoms with Gasteiger partial charge in [-0.05, 0) is 36.8 Å². The van der Waals surface area contributed by atoms with Crippen LogP contribution in [0, 0.1) is 12.7 Å². The third-order valence-electron chi connectivity index (χ3n) is 2.41. The van der Waals surface area contributed by atoms with E-state index in [2.05, 4.69) is 0 Å². The Kier molecular flexibility index (Phi) is 3.19. The van der Waals surface area contributed by atoms with Crippen molar-refractivity contribution in [2.45, 2.75) is 6.92 Å². The summed E-state index contributed by atoms with van der Waals surface area (Å²) in [5, 5.41) is 0. The molecular formula is C14H11FO2. The fraction of sp³-hybridized carbons (Fsp3) is 0.0714. The van der Waals surface area contributed by atoms with Crippen LogP contribution in [-0.4, -0.2) is 6.29 Å². The zero-order chi connectivity index (χ0) is 12.3. The number of hydrogen-bond donors (Lipinski definition) is 0. The number of carbonyl (C=O) groups is 1. The van der Waals surface area contributed by atoms with Gasteiger partial charge in [0.15, 0.2) is 11.6 Å². The number of ether oxygens (including phenoxy) is 1. The number of aldehydes is 1. The van der Waals surface area contributed by atoms with Crippen LogP contribution in [-0.2, 0) is 0 Å². The van der Waals surface area contributed by atoms with Crippen molar-refractivity contribution in [3.05, 3.63) is 59.4 Å². The quantitative estimate of drug-likeness (QED) is 0.751. The molecule has 0 aliphatic carbocycles. The summed E-state index contributed by atoms with van der Waals surface area (Å²) in [4.78, 5) is 10.5. The van der Waals surface area contributed by atoms with Crippen LogP contribution >= 0.6 is 0 Å². The lowest BCUT2D eigenvalue weighted by Gasteiger charge is -2.09. The van der Waals surface area contributed by atoms with Gasteiger partial charge >= 0.3 is 0 Å². The Morgan fingerprint density at radius 2 is 1.88 bits per heavy atom. The maximum atomic E-state index is 13.6. The highest BCUT2D eigenvalue weighted by Gasteiger charge is 2.07. The molecule has 0 fully saturated rings. The number of halogens is 1. The molecule has 2 rings (SSSR count). The molecular weight excluding hydrogens is 219 g/mol. The molecule has 0 radical (unpaired) electrons. The molecule has 2 aromatic rings. The van der Waals surface area contributed by atoms with Gasteiger partial charge in [0.2, 0.25) is 0 Å². The molecule has 0 saturated heterocycles. The van der Waals surface area contributed by atoms with Crippen molar-refractivity contribution in [1.82, 2.24) is 0 Å². The van der Waals surface area contributed by atoms with E-state index >= 15 is 0 Å². The first-order valence-electron chi connectivity index (χ1n) is 5.19. The maximum absolute atomic E-state index is 13.6. The average Bonchev–Trinajstić information content (AvgIpc) is 2.34. The molecule has 0 amide bonds. The third kappa shape index (κ3) is 2.50. The highest BCUT2D eigenvalue weighted by atomic mass is 19.1. The van der Waals surface area contributed by atoms with Gasteiger partial charge in [-0.25, -0.2) is 4.39 Å². The third-order valence-corrected chi connectivity index (χ3v) is 2.41. The van der Waals surface area contributed by atoms with Crippen LogP contribution in [0.5, 0.6) is 11.5 Å². The highest BCUT2D eigenvalue weighted by Crippen LogP contribution is 2.27. The van der Waals surface area contributed by atoms with E-state index in [1.54, 1.807) is 6.07 Å². The molecule has 2 aromatic carbocycles. The Bertz CT molecular complexity index is 550. The summed E-state index contributed by atoms with van der Waals surface area (Å²) < 4.78 is 19.0. The first-order chi connectivity index (χ1) is 8.20. The minimum atomic E-state index is -0.544. The largest absolute Gasteiger partial charge is 0.454 e. The topological polar surface area (TPSA) is 26.3 Å². The Hall–Kier alpha value is -2.16. The van der Waals surface area contributed by atoms with E-state index in [0.717, 1.165) is 11.6 Å². The molecule has 3 heteroatoms. The fourth-order valence-electron chi connectivity index (χ4n) is 1.46. The van der Waals surface area contributed by atoms with Gasteiger partial charge in [-0.3, -0.25) is 4.79 Å². The minimum absolute atomic E-state index is 0.116. The van der Waals surface area contributed by atoms with E-state index in [9.17, 15) is 9.18 Å². The van der Waals surface area contributed by atoms with Crippen LogP contribution in [0.4, 0.5) is 4.39 Å². The van der Waals surface area contributed by atoms with Crippen LogP contribution in [0.25, 0.3) is 0 Å². The minimum Gasteiger partial charge on any atom is -0.454 e. The second-order valence-corrected chi connectivity index (χ2v) is 3.68. The molecule has 0 N–H and O–H groups in total. The van der Waals surface area contributed by atoms with Crippen molar-refractivity contribution in [2.75, 3.05) is 0 Å². The summed E-state index contributed by atoms with van der Waals surface area (Å²) in [5.41, 5.74) is 1.21. The molecule has 0 aliphatic heterocycles. The van der Waals surface area contributed by atoms with Crippen molar-refractivity contribution in [3.63, 3.8) is 0 Å². The normalized spacial score (nSPS) is 10.0. The van der Waals surface area contributed by atoms with Crippen molar-refractivity contribution in [1.29, 1.82) is 0 Å². The fourth-order valence-corrected chi connectivity index (χ4v) is 1.46. The van der Waals surface area contributed by atoms with Crippen LogP contribution in [0.2, 0.25) is 0 Å². The van der Waals surface area contributed by atoms with Gasteiger partial charge in [-0.1, -0.05) is 18.2 Å². The highest BCUT2D eigenvalue weighted by molar-refractivity contribution is 5.75. The maximum Gasteiger partial charge on any atom is 0.166 e. The van der Waals surface area contributed by atoms with E-state index in [0.29, 0.717) is 17.6 Å². The second kappa shape index (κ2) is 4.78. The van der Waals surface area contributed by atoms with Gasteiger partial charge in [-0.2, -0.15) is 0 Å². The van der Waals surface area contributed by atoms with E-state index in [-0.39, 0.29) is 5.75 Å². The Balaban J connectivity index is 2.31. The lowest BCUT2D eigenvalue weighted by atomic mass is 10.2. The molecule has 0 aromatic heterocycles. The summed E-state index contributed by atoms with van der Waals surface area (Å²) in [6.45, 7) is 1.88. The van der Waals surface area contributed by atoms with Gasteiger partial charge in [0.25, 0.3) is 0 Å². The predicted molar refractivity (Wildman–Crippen MR) is 63.0 cm³/mol. The molecule has 0 aliphatic rings. The first-order valence-corrected chi connectivity index (χ1v) is 5.19. The lowest BCUT2D eigenvalue weighted by molar-refractivity contribution is 0.112. The molecule has 2 nitrogen and oxygen atoms in total. The average molecular weight is 230 g/mol. The monoisotopic (exact) mass is 230 g/mol. The Morgan fingerprint density at radius 3 is 2.53 bits per heavy atom. The molecule has 0 unspecified atom stereocenters. The van der Waals surface area contributed by atoms with Crippen LogP contribution in [0.3, 0.4) is 0 Å². The molecule has 17 heavy (non-hydrogen) atoms. The van der Waals surface area contributed by atoms with Gasteiger partial charge in [0.05, 0.1) is 0 Å². The van der Waals surface area contributed by atoms with Gasteiger partial charge in [-0.15, -0.1) is 0 Å². The zero-order valence-corrected chi connectivity index (χ0v) is 9.31. The number of benzene rings is 2. The SMILES string of the molecule is Cc1ccccc1Oc1ccc(C=O)cc1F. The number of rotatable bonds is 3. The molecule has 0 atom stereocenters. The van der Waals surface area contributed by atoms with Gasteiger partial charge in [0.1, 0.15) is 12.0 Å². The molecule has 0 spiro atoms. The first kappa shape index (κ1) is 11.3. The van der Waals surface area contributed by atoms with E-state index < -0.39 is 5.82 Å². The van der Waals surface area contributed by atoms with Crippen molar-refractivity contribution >= 4 is 6.29 Å². The van der Waals surface area contributed by atoms with E-state index in [1.807, 2.05) is 25.1 Å². The molecule has 0 heterocycles. The molecule has 0 saturated carbocycles. The summed E-state index contributed by atoms with van der Waals surface area (Å²) in [6, 6.07) is 11.5.